The third kappa shape index (κ3) is 6.50. The first kappa shape index (κ1) is 19.9. The number of carbonyl (C=O) groups is 1. The maximum absolute atomic E-state index is 12.5. The minimum absolute atomic E-state index is 0. The van der Waals surface area contributed by atoms with Crippen molar-refractivity contribution < 1.29 is 4.79 Å². The van der Waals surface area contributed by atoms with Crippen molar-refractivity contribution in [2.45, 2.75) is 39.2 Å². The van der Waals surface area contributed by atoms with Crippen molar-refractivity contribution in [2.75, 3.05) is 31.5 Å². The van der Waals surface area contributed by atoms with Gasteiger partial charge in [0.25, 0.3) is 0 Å². The second-order valence-electron chi connectivity index (χ2n) is 6.22. The van der Waals surface area contributed by atoms with Crippen molar-refractivity contribution in [1.82, 2.24) is 10.2 Å². The second kappa shape index (κ2) is 10.6. The number of anilines is 1. The molecule has 1 aromatic carbocycles. The maximum atomic E-state index is 12.5. The number of rotatable bonds is 7. The monoisotopic (exact) mass is 339 g/mol. The summed E-state index contributed by atoms with van der Waals surface area (Å²) in [6.45, 7) is 8.42. The predicted octanol–water partition coefficient (Wildman–Crippen LogP) is 3.15. The van der Waals surface area contributed by atoms with E-state index in [1.165, 1.54) is 12.8 Å². The zero-order valence-corrected chi connectivity index (χ0v) is 15.1. The lowest BCUT2D eigenvalue weighted by atomic mass is 9.97. The van der Waals surface area contributed by atoms with E-state index in [9.17, 15) is 4.79 Å². The molecular weight excluding hydrogens is 310 g/mol. The molecule has 1 aliphatic rings. The molecule has 1 saturated heterocycles. The molecule has 1 atom stereocenters. The maximum Gasteiger partial charge on any atom is 0.241 e. The summed E-state index contributed by atoms with van der Waals surface area (Å²) in [6, 6.07) is 9.62. The lowest BCUT2D eigenvalue weighted by molar-refractivity contribution is -0.121. The van der Waals surface area contributed by atoms with Crippen LogP contribution in [0.5, 0.6) is 0 Å². The Morgan fingerprint density at radius 1 is 1.30 bits per heavy atom. The van der Waals surface area contributed by atoms with Gasteiger partial charge in [-0.15, -0.1) is 12.4 Å². The van der Waals surface area contributed by atoms with Gasteiger partial charge in [-0.2, -0.15) is 0 Å². The molecule has 2 rings (SSSR count). The van der Waals surface area contributed by atoms with Crippen LogP contribution in [0.2, 0.25) is 0 Å². The number of hydrogen-bond acceptors (Lipinski definition) is 3. The van der Waals surface area contributed by atoms with Crippen LogP contribution in [0.4, 0.5) is 5.69 Å². The number of piperidine rings is 1. The Morgan fingerprint density at radius 2 is 1.96 bits per heavy atom. The van der Waals surface area contributed by atoms with Crippen molar-refractivity contribution in [3.63, 3.8) is 0 Å². The molecule has 0 aromatic heterocycles. The highest BCUT2D eigenvalue weighted by molar-refractivity contribution is 5.94. The molecule has 130 valence electrons. The normalized spacial score (nSPS) is 16.7. The lowest BCUT2D eigenvalue weighted by Gasteiger charge is -2.33. The lowest BCUT2D eigenvalue weighted by Crippen LogP contribution is -2.46. The van der Waals surface area contributed by atoms with E-state index >= 15 is 0 Å². The van der Waals surface area contributed by atoms with E-state index < -0.39 is 0 Å². The van der Waals surface area contributed by atoms with Gasteiger partial charge in [-0.3, -0.25) is 9.69 Å². The zero-order valence-electron chi connectivity index (χ0n) is 14.3. The Kier molecular flexibility index (Phi) is 9.22. The van der Waals surface area contributed by atoms with Gasteiger partial charge in [-0.25, -0.2) is 0 Å². The van der Waals surface area contributed by atoms with Crippen LogP contribution in [-0.4, -0.2) is 43.0 Å². The van der Waals surface area contributed by atoms with Crippen molar-refractivity contribution in [2.24, 2.45) is 5.92 Å². The fourth-order valence-corrected chi connectivity index (χ4v) is 3.06. The molecule has 2 N–H and O–H groups in total. The number of benzene rings is 1. The summed E-state index contributed by atoms with van der Waals surface area (Å²) in [5.74, 6) is 0.799. The van der Waals surface area contributed by atoms with Crippen LogP contribution in [0.25, 0.3) is 0 Å². The van der Waals surface area contributed by atoms with Crippen LogP contribution in [-0.2, 0) is 4.79 Å². The van der Waals surface area contributed by atoms with Crippen LogP contribution in [0, 0.1) is 5.92 Å². The van der Waals surface area contributed by atoms with E-state index in [0.29, 0.717) is 5.92 Å². The summed E-state index contributed by atoms with van der Waals surface area (Å²) in [5.41, 5.74) is 0.873. The Hall–Kier alpha value is -1.10. The summed E-state index contributed by atoms with van der Waals surface area (Å²) < 4.78 is 0. The first-order valence-electron chi connectivity index (χ1n) is 8.51. The van der Waals surface area contributed by atoms with E-state index in [1.54, 1.807) is 0 Å². The fraction of sp³-hybridized carbons (Fsp3) is 0.611. The van der Waals surface area contributed by atoms with Gasteiger partial charge in [-0.05, 0) is 63.9 Å². The standard InChI is InChI=1S/C18H29N3O.ClH/c1-3-13-21(14-16-9-11-19-12-10-16)15(2)18(22)20-17-7-5-4-6-8-17;/h4-8,15-16,19H,3,9-14H2,1-2H3,(H,20,22);1H. The molecule has 1 amide bonds. The van der Waals surface area contributed by atoms with Gasteiger partial charge in [0.05, 0.1) is 6.04 Å². The summed E-state index contributed by atoms with van der Waals surface area (Å²) >= 11 is 0. The Bertz CT molecular complexity index is 449. The van der Waals surface area contributed by atoms with E-state index in [-0.39, 0.29) is 24.4 Å². The van der Waals surface area contributed by atoms with Gasteiger partial charge in [0.15, 0.2) is 0 Å². The zero-order chi connectivity index (χ0) is 15.8. The number of nitrogens with zero attached hydrogens (tertiary/aromatic N) is 1. The van der Waals surface area contributed by atoms with E-state index in [0.717, 1.165) is 38.3 Å². The summed E-state index contributed by atoms with van der Waals surface area (Å²) in [4.78, 5) is 14.8. The Balaban J connectivity index is 0.00000264. The average molecular weight is 340 g/mol. The SMILES string of the molecule is CCCN(CC1CCNCC1)C(C)C(=O)Nc1ccccc1.Cl. The highest BCUT2D eigenvalue weighted by Gasteiger charge is 2.24. The van der Waals surface area contributed by atoms with E-state index in [4.69, 9.17) is 0 Å². The molecule has 0 spiro atoms. The smallest absolute Gasteiger partial charge is 0.241 e. The fourth-order valence-electron chi connectivity index (χ4n) is 3.06. The Morgan fingerprint density at radius 3 is 2.57 bits per heavy atom. The van der Waals surface area contributed by atoms with Crippen LogP contribution < -0.4 is 10.6 Å². The Labute approximate surface area is 146 Å². The summed E-state index contributed by atoms with van der Waals surface area (Å²) in [6.07, 6.45) is 3.51. The van der Waals surface area contributed by atoms with Gasteiger partial charge >= 0.3 is 0 Å². The molecular formula is C18H30ClN3O. The molecule has 0 radical (unpaired) electrons. The first-order chi connectivity index (χ1) is 10.7. The summed E-state index contributed by atoms with van der Waals surface area (Å²) in [7, 11) is 0. The van der Waals surface area contributed by atoms with Gasteiger partial charge in [0.1, 0.15) is 0 Å². The number of halogens is 1. The molecule has 23 heavy (non-hydrogen) atoms. The third-order valence-corrected chi connectivity index (χ3v) is 4.43. The minimum atomic E-state index is -0.0879. The molecule has 1 unspecified atom stereocenters. The van der Waals surface area contributed by atoms with Crippen LogP contribution in [0.3, 0.4) is 0 Å². The topological polar surface area (TPSA) is 44.4 Å². The van der Waals surface area contributed by atoms with Gasteiger partial charge in [0.2, 0.25) is 5.91 Å². The third-order valence-electron chi connectivity index (χ3n) is 4.43. The quantitative estimate of drug-likeness (QED) is 0.802. The molecule has 1 aromatic rings. The van der Waals surface area contributed by atoms with E-state index in [2.05, 4.69) is 22.5 Å². The number of amides is 1. The van der Waals surface area contributed by atoms with Crippen molar-refractivity contribution in [1.29, 1.82) is 0 Å². The van der Waals surface area contributed by atoms with Gasteiger partial charge in [0, 0.05) is 12.2 Å². The first-order valence-corrected chi connectivity index (χ1v) is 8.51. The average Bonchev–Trinajstić information content (AvgIpc) is 2.55. The van der Waals surface area contributed by atoms with Crippen LogP contribution >= 0.6 is 12.4 Å². The molecule has 0 aliphatic carbocycles. The summed E-state index contributed by atoms with van der Waals surface area (Å²) in [5, 5.41) is 6.43. The molecule has 1 fully saturated rings. The highest BCUT2D eigenvalue weighted by atomic mass is 35.5. The predicted molar refractivity (Wildman–Crippen MR) is 99.2 cm³/mol. The van der Waals surface area contributed by atoms with Crippen LogP contribution in [0.15, 0.2) is 30.3 Å². The van der Waals surface area contributed by atoms with Crippen molar-refractivity contribution >= 4 is 24.0 Å². The number of nitrogens with one attached hydrogen (secondary N) is 2. The number of hydrogen-bond donors (Lipinski definition) is 2. The van der Waals surface area contributed by atoms with Crippen LogP contribution in [0.1, 0.15) is 33.1 Å². The van der Waals surface area contributed by atoms with Crippen molar-refractivity contribution in [3.05, 3.63) is 30.3 Å². The number of para-hydroxylation sites is 1. The molecule has 0 saturated carbocycles. The molecule has 0 bridgehead atoms. The number of carbonyl (C=O) groups excluding carboxylic acids is 1. The molecule has 1 heterocycles. The van der Waals surface area contributed by atoms with Gasteiger partial charge < -0.3 is 10.6 Å². The van der Waals surface area contributed by atoms with E-state index in [1.807, 2.05) is 37.3 Å². The van der Waals surface area contributed by atoms with Crippen molar-refractivity contribution in [3.8, 4) is 0 Å². The molecule has 5 heteroatoms. The molecule has 1 aliphatic heterocycles. The minimum Gasteiger partial charge on any atom is -0.325 e. The van der Waals surface area contributed by atoms with Gasteiger partial charge in [-0.1, -0.05) is 25.1 Å². The highest BCUT2D eigenvalue weighted by Crippen LogP contribution is 2.16. The largest absolute Gasteiger partial charge is 0.325 e. The second-order valence-corrected chi connectivity index (χ2v) is 6.22. The molecule has 4 nitrogen and oxygen atoms in total.